The number of nitrogens with zero attached hydrogens (tertiary/aromatic N) is 5. The minimum absolute atomic E-state index is 0.0346. The number of aliphatic hydroxyl groups excluding tert-OH is 1. The highest BCUT2D eigenvalue weighted by Gasteiger charge is 2.26. The summed E-state index contributed by atoms with van der Waals surface area (Å²) < 4.78 is 0. The lowest BCUT2D eigenvalue weighted by Gasteiger charge is -2.30. The lowest BCUT2D eigenvalue weighted by atomic mass is 10.0. The largest absolute Gasteiger partial charge is 0.396 e. The summed E-state index contributed by atoms with van der Waals surface area (Å²) in [6.07, 6.45) is 3.57. The van der Waals surface area contributed by atoms with E-state index in [9.17, 15) is 14.7 Å². The number of urea groups is 1. The van der Waals surface area contributed by atoms with Crippen LogP contribution in [0.15, 0.2) is 47.5 Å². The standard InChI is InChI=1S/C31H44N6O3/c1-4-15-36(18-7-20-38)31(40)37-22-27-13-12-26(21-28(27)33-29(23-37)32-14-19-34(2)3)24-8-10-25(11-9-24)30(39)35-16-5-6-17-35/h8-13,21,38H,4-7,14-20,22-23H2,1-3H3,(H,32,33). The summed E-state index contributed by atoms with van der Waals surface area (Å²) in [6, 6.07) is 14.0. The van der Waals surface area contributed by atoms with E-state index in [-0.39, 0.29) is 18.5 Å². The van der Waals surface area contributed by atoms with Crippen LogP contribution in [0.25, 0.3) is 11.1 Å². The quantitative estimate of drug-likeness (QED) is 0.471. The van der Waals surface area contributed by atoms with Crippen LogP contribution in [0.1, 0.15) is 48.5 Å². The average molecular weight is 549 g/mol. The monoisotopic (exact) mass is 548 g/mol. The molecule has 2 aliphatic heterocycles. The normalized spacial score (nSPS) is 15.1. The topological polar surface area (TPSA) is 91.7 Å². The van der Waals surface area contributed by atoms with E-state index in [1.807, 2.05) is 53.1 Å². The molecular weight excluding hydrogens is 504 g/mol. The van der Waals surface area contributed by atoms with Crippen LogP contribution in [0.3, 0.4) is 0 Å². The Balaban J connectivity index is 1.58. The van der Waals surface area contributed by atoms with Gasteiger partial charge in [0.2, 0.25) is 0 Å². The van der Waals surface area contributed by atoms with E-state index in [4.69, 9.17) is 4.99 Å². The Labute approximate surface area is 238 Å². The molecule has 2 heterocycles. The zero-order valence-corrected chi connectivity index (χ0v) is 24.2. The number of nitrogens with one attached hydrogen (secondary N) is 1. The number of hydrogen-bond donors (Lipinski definition) is 2. The summed E-state index contributed by atoms with van der Waals surface area (Å²) in [5.74, 6) is 0.862. The molecule has 0 aliphatic carbocycles. The van der Waals surface area contributed by atoms with Crippen LogP contribution in [0.5, 0.6) is 0 Å². The van der Waals surface area contributed by atoms with Crippen molar-refractivity contribution in [3.8, 4) is 11.1 Å². The van der Waals surface area contributed by atoms with Crippen LogP contribution >= 0.6 is 0 Å². The molecule has 1 fully saturated rings. The van der Waals surface area contributed by atoms with Gasteiger partial charge in [0.1, 0.15) is 5.84 Å². The number of hydrogen-bond acceptors (Lipinski definition) is 6. The number of carbonyl (C=O) groups excluding carboxylic acids is 2. The number of likely N-dealkylation sites (tertiary alicyclic amines) is 1. The van der Waals surface area contributed by atoms with Crippen molar-refractivity contribution >= 4 is 23.5 Å². The molecule has 0 radical (unpaired) electrons. The molecule has 4 rings (SSSR count). The molecule has 3 amide bonds. The van der Waals surface area contributed by atoms with Gasteiger partial charge in [-0.25, -0.2) is 9.79 Å². The molecule has 9 heteroatoms. The summed E-state index contributed by atoms with van der Waals surface area (Å²) in [4.78, 5) is 39.1. The zero-order chi connectivity index (χ0) is 28.5. The fraction of sp³-hybridized carbons (Fsp3) is 0.516. The molecule has 2 aromatic carbocycles. The van der Waals surface area contributed by atoms with Gasteiger partial charge in [-0.2, -0.15) is 0 Å². The van der Waals surface area contributed by atoms with E-state index in [2.05, 4.69) is 35.3 Å². The highest BCUT2D eigenvalue weighted by atomic mass is 16.3. The van der Waals surface area contributed by atoms with Gasteiger partial charge in [-0.05, 0) is 74.7 Å². The molecule has 9 nitrogen and oxygen atoms in total. The maximum absolute atomic E-state index is 13.6. The molecule has 2 aromatic rings. The van der Waals surface area contributed by atoms with Crippen LogP contribution in [0.2, 0.25) is 0 Å². The molecule has 0 atom stereocenters. The maximum atomic E-state index is 13.6. The van der Waals surface area contributed by atoms with Crippen molar-refractivity contribution in [1.82, 2.24) is 24.9 Å². The lowest BCUT2D eigenvalue weighted by molar-refractivity contribution is 0.0793. The predicted molar refractivity (Wildman–Crippen MR) is 160 cm³/mol. The highest BCUT2D eigenvalue weighted by molar-refractivity contribution is 5.95. The minimum Gasteiger partial charge on any atom is -0.396 e. The van der Waals surface area contributed by atoms with Crippen LogP contribution in [0, 0.1) is 0 Å². The fourth-order valence-electron chi connectivity index (χ4n) is 5.20. The number of amides is 3. The molecule has 1 saturated heterocycles. The summed E-state index contributed by atoms with van der Waals surface area (Å²) in [5, 5.41) is 12.8. The van der Waals surface area contributed by atoms with Crippen molar-refractivity contribution in [1.29, 1.82) is 0 Å². The van der Waals surface area contributed by atoms with Gasteiger partial charge in [0.05, 0.1) is 18.8 Å². The zero-order valence-electron chi connectivity index (χ0n) is 24.2. The number of amidine groups is 1. The first-order valence-electron chi connectivity index (χ1n) is 14.5. The summed E-state index contributed by atoms with van der Waals surface area (Å²) in [6.45, 7) is 7.40. The van der Waals surface area contributed by atoms with E-state index < -0.39 is 0 Å². The van der Waals surface area contributed by atoms with Gasteiger partial charge in [-0.1, -0.05) is 31.2 Å². The highest BCUT2D eigenvalue weighted by Crippen LogP contribution is 2.31. The first-order valence-corrected chi connectivity index (χ1v) is 14.5. The van der Waals surface area contributed by atoms with Crippen LogP contribution in [-0.4, -0.2) is 109 Å². The smallest absolute Gasteiger partial charge is 0.320 e. The van der Waals surface area contributed by atoms with Crippen molar-refractivity contribution in [3.63, 3.8) is 0 Å². The maximum Gasteiger partial charge on any atom is 0.320 e. The Hall–Kier alpha value is -3.43. The summed E-state index contributed by atoms with van der Waals surface area (Å²) in [5.41, 5.74) is 4.59. The Kier molecular flexibility index (Phi) is 10.5. The SMILES string of the molecule is CCCN(CCCO)C(=O)N1CC(NCCN(C)C)=Nc2cc(-c3ccc(C(=O)N4CCCC4)cc3)ccc2C1. The van der Waals surface area contributed by atoms with Gasteiger partial charge in [0.15, 0.2) is 0 Å². The third-order valence-corrected chi connectivity index (χ3v) is 7.41. The molecule has 0 bridgehead atoms. The van der Waals surface area contributed by atoms with Crippen molar-refractivity contribution in [2.45, 2.75) is 39.2 Å². The summed E-state index contributed by atoms with van der Waals surface area (Å²) in [7, 11) is 4.06. The summed E-state index contributed by atoms with van der Waals surface area (Å²) >= 11 is 0. The van der Waals surface area contributed by atoms with Crippen molar-refractivity contribution < 1.29 is 14.7 Å². The fourth-order valence-corrected chi connectivity index (χ4v) is 5.20. The molecule has 0 unspecified atom stereocenters. The Bertz CT molecular complexity index is 1170. The van der Waals surface area contributed by atoms with E-state index in [1.165, 1.54) is 0 Å². The van der Waals surface area contributed by atoms with Gasteiger partial charge < -0.3 is 30.0 Å². The molecule has 0 aromatic heterocycles. The van der Waals surface area contributed by atoms with Gasteiger partial charge >= 0.3 is 6.03 Å². The van der Waals surface area contributed by atoms with Gasteiger partial charge in [-0.3, -0.25) is 4.79 Å². The van der Waals surface area contributed by atoms with Gasteiger partial charge in [0.25, 0.3) is 5.91 Å². The second kappa shape index (κ2) is 14.3. The molecule has 2 N–H and O–H groups in total. The number of aliphatic hydroxyl groups is 1. The average Bonchev–Trinajstić information content (AvgIpc) is 3.43. The van der Waals surface area contributed by atoms with E-state index in [0.29, 0.717) is 32.6 Å². The minimum atomic E-state index is -0.0346. The second-order valence-corrected chi connectivity index (χ2v) is 10.9. The third kappa shape index (κ3) is 7.61. The third-order valence-electron chi connectivity index (χ3n) is 7.41. The van der Waals surface area contributed by atoms with E-state index >= 15 is 0 Å². The van der Waals surface area contributed by atoms with Crippen molar-refractivity contribution in [3.05, 3.63) is 53.6 Å². The van der Waals surface area contributed by atoms with E-state index in [1.54, 1.807) is 0 Å². The Morgan fingerprint density at radius 3 is 2.35 bits per heavy atom. The van der Waals surface area contributed by atoms with Crippen molar-refractivity contribution in [2.24, 2.45) is 4.99 Å². The molecule has 2 aliphatic rings. The van der Waals surface area contributed by atoms with Crippen LogP contribution < -0.4 is 5.32 Å². The predicted octanol–water partition coefficient (Wildman–Crippen LogP) is 3.80. The second-order valence-electron chi connectivity index (χ2n) is 10.9. The Morgan fingerprint density at radius 1 is 0.950 bits per heavy atom. The number of fused-ring (bicyclic) bond motifs is 1. The number of benzene rings is 2. The molecular formula is C31H44N6O3. The van der Waals surface area contributed by atoms with Crippen LogP contribution in [-0.2, 0) is 6.54 Å². The number of likely N-dealkylation sites (N-methyl/N-ethyl adjacent to an activating group) is 1. The first-order chi connectivity index (χ1) is 19.4. The first kappa shape index (κ1) is 29.6. The van der Waals surface area contributed by atoms with E-state index in [0.717, 1.165) is 79.2 Å². The molecule has 0 spiro atoms. The van der Waals surface area contributed by atoms with Gasteiger partial charge in [-0.15, -0.1) is 0 Å². The molecule has 40 heavy (non-hydrogen) atoms. The van der Waals surface area contributed by atoms with Crippen LogP contribution in [0.4, 0.5) is 10.5 Å². The van der Waals surface area contributed by atoms with Gasteiger partial charge in [0, 0.05) is 51.4 Å². The number of carbonyl (C=O) groups is 2. The Morgan fingerprint density at radius 2 is 1.68 bits per heavy atom. The molecule has 0 saturated carbocycles. The number of aliphatic imine (C=N–C) groups is 1. The molecule has 216 valence electrons. The lowest BCUT2D eigenvalue weighted by Crippen LogP contribution is -2.47. The number of rotatable bonds is 10. The van der Waals surface area contributed by atoms with Crippen molar-refractivity contribution in [2.75, 3.05) is 66.5 Å².